The lowest BCUT2D eigenvalue weighted by molar-refractivity contribution is -0.384. The molecule has 0 atom stereocenters. The molecule has 0 saturated heterocycles. The van der Waals surface area contributed by atoms with Crippen LogP contribution in [-0.4, -0.2) is 27.2 Å². The SMILES string of the molecule is COc1ccc([N+](=O)[O-])cc1-c1nc(-c2ccc(Br)cc2)n[nH]1. The van der Waals surface area contributed by atoms with E-state index in [0.29, 0.717) is 23.0 Å². The van der Waals surface area contributed by atoms with Gasteiger partial charge in [0.1, 0.15) is 5.75 Å². The summed E-state index contributed by atoms with van der Waals surface area (Å²) in [5.41, 5.74) is 1.28. The molecule has 2 aromatic carbocycles. The van der Waals surface area contributed by atoms with E-state index in [1.54, 1.807) is 0 Å². The zero-order valence-corrected chi connectivity index (χ0v) is 13.6. The maximum absolute atomic E-state index is 11.0. The Balaban J connectivity index is 2.04. The Morgan fingerprint density at radius 2 is 1.96 bits per heavy atom. The van der Waals surface area contributed by atoms with Gasteiger partial charge in [-0.2, -0.15) is 5.10 Å². The van der Waals surface area contributed by atoms with Crippen molar-refractivity contribution in [1.82, 2.24) is 15.2 Å². The fourth-order valence-electron chi connectivity index (χ4n) is 2.10. The number of nitrogens with zero attached hydrogens (tertiary/aromatic N) is 3. The topological polar surface area (TPSA) is 93.9 Å². The van der Waals surface area contributed by atoms with Crippen molar-refractivity contribution in [3.63, 3.8) is 0 Å². The van der Waals surface area contributed by atoms with Crippen molar-refractivity contribution in [2.45, 2.75) is 0 Å². The van der Waals surface area contributed by atoms with Crippen LogP contribution in [0.25, 0.3) is 22.8 Å². The van der Waals surface area contributed by atoms with E-state index in [0.717, 1.165) is 10.0 Å². The number of hydrogen-bond donors (Lipinski definition) is 1. The van der Waals surface area contributed by atoms with Crippen LogP contribution in [0.4, 0.5) is 5.69 Å². The second kappa shape index (κ2) is 6.17. The van der Waals surface area contributed by atoms with Gasteiger partial charge in [-0.25, -0.2) is 4.98 Å². The molecule has 1 aromatic heterocycles. The molecule has 3 rings (SSSR count). The second-order valence-electron chi connectivity index (χ2n) is 4.66. The van der Waals surface area contributed by atoms with Gasteiger partial charge in [0.2, 0.25) is 0 Å². The van der Waals surface area contributed by atoms with E-state index in [2.05, 4.69) is 31.1 Å². The summed E-state index contributed by atoms with van der Waals surface area (Å²) in [5, 5.41) is 17.9. The molecule has 0 aliphatic heterocycles. The standard InChI is InChI=1S/C15H11BrN4O3/c1-23-13-7-6-11(20(21)22)8-12(13)15-17-14(18-19-15)9-2-4-10(16)5-3-9/h2-8H,1H3,(H,17,18,19). The van der Waals surface area contributed by atoms with Gasteiger partial charge in [0, 0.05) is 22.2 Å². The molecule has 3 aromatic rings. The molecule has 0 aliphatic carbocycles. The molecule has 7 nitrogen and oxygen atoms in total. The molecule has 23 heavy (non-hydrogen) atoms. The summed E-state index contributed by atoms with van der Waals surface area (Å²) >= 11 is 3.37. The maximum Gasteiger partial charge on any atom is 0.270 e. The maximum atomic E-state index is 11.0. The number of aromatic amines is 1. The first-order valence-corrected chi connectivity index (χ1v) is 7.39. The summed E-state index contributed by atoms with van der Waals surface area (Å²) in [6.07, 6.45) is 0. The number of ether oxygens (including phenoxy) is 1. The second-order valence-corrected chi connectivity index (χ2v) is 5.57. The minimum Gasteiger partial charge on any atom is -0.496 e. The van der Waals surface area contributed by atoms with Gasteiger partial charge in [0.15, 0.2) is 11.6 Å². The van der Waals surface area contributed by atoms with Crippen LogP contribution in [-0.2, 0) is 0 Å². The summed E-state index contributed by atoms with van der Waals surface area (Å²) in [5.74, 6) is 1.39. The van der Waals surface area contributed by atoms with Gasteiger partial charge < -0.3 is 4.74 Å². The van der Waals surface area contributed by atoms with Gasteiger partial charge in [-0.3, -0.25) is 15.2 Å². The van der Waals surface area contributed by atoms with Crippen molar-refractivity contribution < 1.29 is 9.66 Å². The Bertz CT molecular complexity index is 861. The fraction of sp³-hybridized carbons (Fsp3) is 0.0667. The van der Waals surface area contributed by atoms with Crippen LogP contribution >= 0.6 is 15.9 Å². The molecule has 8 heteroatoms. The van der Waals surface area contributed by atoms with E-state index in [1.165, 1.54) is 25.3 Å². The predicted octanol–water partition coefficient (Wildman–Crippen LogP) is 3.82. The van der Waals surface area contributed by atoms with E-state index in [9.17, 15) is 10.1 Å². The highest BCUT2D eigenvalue weighted by Gasteiger charge is 2.16. The van der Waals surface area contributed by atoms with Crippen molar-refractivity contribution in [1.29, 1.82) is 0 Å². The van der Waals surface area contributed by atoms with E-state index in [1.807, 2.05) is 24.3 Å². The number of nitrogens with one attached hydrogen (secondary N) is 1. The Hall–Kier alpha value is -2.74. The van der Waals surface area contributed by atoms with Gasteiger partial charge in [0.05, 0.1) is 17.6 Å². The number of benzene rings is 2. The average Bonchev–Trinajstić information content (AvgIpc) is 3.04. The zero-order chi connectivity index (χ0) is 16.4. The first-order valence-electron chi connectivity index (χ1n) is 6.59. The molecular formula is C15H11BrN4O3. The Labute approximate surface area is 139 Å². The first kappa shape index (κ1) is 15.2. The quantitative estimate of drug-likeness (QED) is 0.553. The van der Waals surface area contributed by atoms with E-state index >= 15 is 0 Å². The van der Waals surface area contributed by atoms with E-state index < -0.39 is 4.92 Å². The number of nitro benzene ring substituents is 1. The largest absolute Gasteiger partial charge is 0.496 e. The molecule has 0 bridgehead atoms. The molecule has 0 unspecified atom stereocenters. The highest BCUT2D eigenvalue weighted by atomic mass is 79.9. The Morgan fingerprint density at radius 3 is 2.61 bits per heavy atom. The van der Waals surface area contributed by atoms with Gasteiger partial charge in [-0.1, -0.05) is 28.1 Å². The highest BCUT2D eigenvalue weighted by molar-refractivity contribution is 9.10. The van der Waals surface area contributed by atoms with Gasteiger partial charge in [-0.05, 0) is 18.2 Å². The van der Waals surface area contributed by atoms with Gasteiger partial charge >= 0.3 is 0 Å². The normalized spacial score (nSPS) is 10.5. The van der Waals surface area contributed by atoms with E-state index in [4.69, 9.17) is 4.74 Å². The minimum atomic E-state index is -0.463. The van der Waals surface area contributed by atoms with Crippen LogP contribution in [0.3, 0.4) is 0 Å². The summed E-state index contributed by atoms with van der Waals surface area (Å²) in [6, 6.07) is 11.9. The number of H-pyrrole nitrogens is 1. The number of hydrogen-bond acceptors (Lipinski definition) is 5. The zero-order valence-electron chi connectivity index (χ0n) is 12.0. The monoisotopic (exact) mass is 374 g/mol. The number of aromatic nitrogens is 3. The lowest BCUT2D eigenvalue weighted by atomic mass is 10.1. The molecule has 0 amide bonds. The smallest absolute Gasteiger partial charge is 0.270 e. The fourth-order valence-corrected chi connectivity index (χ4v) is 2.37. The lowest BCUT2D eigenvalue weighted by Crippen LogP contribution is -1.93. The minimum absolute atomic E-state index is 0.0395. The number of halogens is 1. The number of rotatable bonds is 4. The van der Waals surface area contributed by atoms with Crippen molar-refractivity contribution in [3.8, 4) is 28.5 Å². The third-order valence-corrected chi connectivity index (χ3v) is 3.77. The lowest BCUT2D eigenvalue weighted by Gasteiger charge is -2.05. The number of nitro groups is 1. The summed E-state index contributed by atoms with van der Waals surface area (Å²) in [6.45, 7) is 0. The van der Waals surface area contributed by atoms with Gasteiger partial charge in [0.25, 0.3) is 5.69 Å². The Morgan fingerprint density at radius 1 is 1.22 bits per heavy atom. The molecule has 0 fully saturated rings. The highest BCUT2D eigenvalue weighted by Crippen LogP contribution is 2.32. The number of methoxy groups -OCH3 is 1. The van der Waals surface area contributed by atoms with Gasteiger partial charge in [-0.15, -0.1) is 0 Å². The molecule has 116 valence electrons. The molecule has 1 heterocycles. The van der Waals surface area contributed by atoms with Crippen LogP contribution in [0, 0.1) is 10.1 Å². The molecular weight excluding hydrogens is 364 g/mol. The summed E-state index contributed by atoms with van der Waals surface area (Å²) in [4.78, 5) is 14.9. The summed E-state index contributed by atoms with van der Waals surface area (Å²) < 4.78 is 6.20. The van der Waals surface area contributed by atoms with Crippen LogP contribution < -0.4 is 4.74 Å². The first-order chi connectivity index (χ1) is 11.1. The predicted molar refractivity (Wildman–Crippen MR) is 88.2 cm³/mol. The third kappa shape index (κ3) is 3.07. The van der Waals surface area contributed by atoms with Crippen molar-refractivity contribution in [2.75, 3.05) is 7.11 Å². The molecule has 0 spiro atoms. The van der Waals surface area contributed by atoms with Crippen LogP contribution in [0.15, 0.2) is 46.9 Å². The molecule has 0 aliphatic rings. The van der Waals surface area contributed by atoms with Crippen LogP contribution in [0.1, 0.15) is 0 Å². The summed E-state index contributed by atoms with van der Waals surface area (Å²) in [7, 11) is 1.50. The van der Waals surface area contributed by atoms with Crippen molar-refractivity contribution >= 4 is 21.6 Å². The van der Waals surface area contributed by atoms with Crippen molar-refractivity contribution in [3.05, 3.63) is 57.1 Å². The average molecular weight is 375 g/mol. The third-order valence-electron chi connectivity index (χ3n) is 3.24. The number of non-ortho nitro benzene ring substituents is 1. The molecule has 0 radical (unpaired) electrons. The molecule has 0 saturated carbocycles. The van der Waals surface area contributed by atoms with Crippen LogP contribution in [0.5, 0.6) is 5.75 Å². The molecule has 1 N–H and O–H groups in total. The van der Waals surface area contributed by atoms with E-state index in [-0.39, 0.29) is 5.69 Å². The van der Waals surface area contributed by atoms with Crippen molar-refractivity contribution in [2.24, 2.45) is 0 Å². The Kier molecular flexibility index (Phi) is 4.07. The van der Waals surface area contributed by atoms with Crippen LogP contribution in [0.2, 0.25) is 0 Å².